The van der Waals surface area contributed by atoms with Crippen LogP contribution in [0.3, 0.4) is 0 Å². The van der Waals surface area contributed by atoms with Crippen molar-refractivity contribution in [3.05, 3.63) is 54.0 Å². The summed E-state index contributed by atoms with van der Waals surface area (Å²) in [5.74, 6) is 0.237. The standard InChI is InChI=1S/C15H18N2O2/c1-12-5-7-13(8-6-12)17(10-9-16-2)15(18)14-4-3-11-19-14/h3-8,11,16H,9-10H2,1-2H3. The summed E-state index contributed by atoms with van der Waals surface area (Å²) in [6.45, 7) is 3.34. The SMILES string of the molecule is CNCCN(C(=O)c1ccco1)c1ccc(C)cc1. The van der Waals surface area contributed by atoms with Crippen molar-refractivity contribution in [1.29, 1.82) is 0 Å². The van der Waals surface area contributed by atoms with Crippen LogP contribution in [0.4, 0.5) is 5.69 Å². The highest BCUT2D eigenvalue weighted by Gasteiger charge is 2.19. The first-order valence-electron chi connectivity index (χ1n) is 6.29. The van der Waals surface area contributed by atoms with E-state index in [1.807, 2.05) is 38.2 Å². The van der Waals surface area contributed by atoms with Crippen LogP contribution < -0.4 is 10.2 Å². The summed E-state index contributed by atoms with van der Waals surface area (Å²) in [6, 6.07) is 11.3. The van der Waals surface area contributed by atoms with Gasteiger partial charge in [-0.25, -0.2) is 0 Å². The summed E-state index contributed by atoms with van der Waals surface area (Å²) >= 11 is 0. The number of nitrogens with one attached hydrogen (secondary N) is 1. The number of likely N-dealkylation sites (N-methyl/N-ethyl adjacent to an activating group) is 1. The Hall–Kier alpha value is -2.07. The van der Waals surface area contributed by atoms with Gasteiger partial charge in [0.25, 0.3) is 5.91 Å². The summed E-state index contributed by atoms with van der Waals surface area (Å²) in [5.41, 5.74) is 2.05. The molecule has 4 heteroatoms. The van der Waals surface area contributed by atoms with E-state index in [0.29, 0.717) is 12.3 Å². The van der Waals surface area contributed by atoms with Gasteiger partial charge in [-0.3, -0.25) is 4.79 Å². The molecule has 0 atom stereocenters. The second-order valence-corrected chi connectivity index (χ2v) is 4.37. The number of carbonyl (C=O) groups is 1. The Morgan fingerprint density at radius 3 is 2.58 bits per heavy atom. The van der Waals surface area contributed by atoms with E-state index in [1.165, 1.54) is 11.8 Å². The third-order valence-electron chi connectivity index (χ3n) is 2.91. The summed E-state index contributed by atoms with van der Waals surface area (Å²) in [6.07, 6.45) is 1.51. The molecule has 0 aliphatic heterocycles. The van der Waals surface area contributed by atoms with Crippen molar-refractivity contribution >= 4 is 11.6 Å². The van der Waals surface area contributed by atoms with Crippen LogP contribution in [0.5, 0.6) is 0 Å². The Balaban J connectivity index is 2.25. The number of aryl methyl sites for hydroxylation is 1. The van der Waals surface area contributed by atoms with Gasteiger partial charge in [-0.15, -0.1) is 0 Å². The number of rotatable bonds is 5. The number of carbonyl (C=O) groups excluding carboxylic acids is 1. The van der Waals surface area contributed by atoms with Crippen molar-refractivity contribution in [3.63, 3.8) is 0 Å². The lowest BCUT2D eigenvalue weighted by Gasteiger charge is -2.21. The minimum atomic E-state index is -0.121. The van der Waals surface area contributed by atoms with Crippen LogP contribution in [-0.2, 0) is 0 Å². The van der Waals surface area contributed by atoms with E-state index in [1.54, 1.807) is 17.0 Å². The molecule has 0 radical (unpaired) electrons. The molecule has 2 rings (SSSR count). The predicted octanol–water partition coefficient (Wildman–Crippen LogP) is 2.45. The van der Waals surface area contributed by atoms with Crippen molar-refractivity contribution in [2.45, 2.75) is 6.92 Å². The smallest absolute Gasteiger partial charge is 0.293 e. The molecule has 0 aliphatic carbocycles. The van der Waals surface area contributed by atoms with E-state index < -0.39 is 0 Å². The zero-order valence-corrected chi connectivity index (χ0v) is 11.2. The van der Waals surface area contributed by atoms with Crippen molar-refractivity contribution < 1.29 is 9.21 Å². The minimum Gasteiger partial charge on any atom is -0.459 e. The van der Waals surface area contributed by atoms with Gasteiger partial charge in [-0.05, 0) is 38.2 Å². The molecule has 0 saturated heterocycles. The van der Waals surface area contributed by atoms with Crippen LogP contribution in [-0.4, -0.2) is 26.0 Å². The zero-order chi connectivity index (χ0) is 13.7. The third kappa shape index (κ3) is 3.23. The summed E-state index contributed by atoms with van der Waals surface area (Å²) < 4.78 is 5.19. The molecule has 1 amide bonds. The first kappa shape index (κ1) is 13.4. The number of hydrogen-bond donors (Lipinski definition) is 1. The average Bonchev–Trinajstić information content (AvgIpc) is 2.95. The molecule has 1 aromatic carbocycles. The summed E-state index contributed by atoms with van der Waals surface area (Å²) in [4.78, 5) is 14.1. The molecular formula is C15H18N2O2. The van der Waals surface area contributed by atoms with E-state index in [4.69, 9.17) is 4.42 Å². The number of anilines is 1. The second kappa shape index (κ2) is 6.20. The highest BCUT2D eigenvalue weighted by Crippen LogP contribution is 2.18. The number of hydrogen-bond acceptors (Lipinski definition) is 3. The number of furan rings is 1. The monoisotopic (exact) mass is 258 g/mol. The Bertz CT molecular complexity index is 518. The van der Waals surface area contributed by atoms with Crippen molar-refractivity contribution in [1.82, 2.24) is 5.32 Å². The van der Waals surface area contributed by atoms with Gasteiger partial charge in [0.1, 0.15) is 0 Å². The molecule has 1 N–H and O–H groups in total. The van der Waals surface area contributed by atoms with Gasteiger partial charge in [0, 0.05) is 18.8 Å². The lowest BCUT2D eigenvalue weighted by molar-refractivity contribution is 0.0960. The van der Waals surface area contributed by atoms with Crippen LogP contribution in [0, 0.1) is 6.92 Å². The van der Waals surface area contributed by atoms with Gasteiger partial charge in [-0.2, -0.15) is 0 Å². The van der Waals surface area contributed by atoms with Gasteiger partial charge in [0.15, 0.2) is 5.76 Å². The maximum atomic E-state index is 12.4. The highest BCUT2D eigenvalue weighted by molar-refractivity contribution is 6.04. The second-order valence-electron chi connectivity index (χ2n) is 4.37. The third-order valence-corrected chi connectivity index (χ3v) is 2.91. The van der Waals surface area contributed by atoms with Gasteiger partial charge >= 0.3 is 0 Å². The summed E-state index contributed by atoms with van der Waals surface area (Å²) in [7, 11) is 1.87. The maximum absolute atomic E-state index is 12.4. The van der Waals surface area contributed by atoms with E-state index in [-0.39, 0.29) is 5.91 Å². The molecule has 0 bridgehead atoms. The largest absolute Gasteiger partial charge is 0.459 e. The average molecular weight is 258 g/mol. The molecule has 100 valence electrons. The molecule has 1 aromatic heterocycles. The Morgan fingerprint density at radius 1 is 1.26 bits per heavy atom. The Morgan fingerprint density at radius 2 is 2.00 bits per heavy atom. The maximum Gasteiger partial charge on any atom is 0.293 e. The molecule has 2 aromatic rings. The van der Waals surface area contributed by atoms with Crippen LogP contribution in [0.2, 0.25) is 0 Å². The first-order chi connectivity index (χ1) is 9.22. The fraction of sp³-hybridized carbons (Fsp3) is 0.267. The molecule has 1 heterocycles. The fourth-order valence-corrected chi connectivity index (χ4v) is 1.83. The first-order valence-corrected chi connectivity index (χ1v) is 6.29. The Kier molecular flexibility index (Phi) is 4.36. The number of benzene rings is 1. The zero-order valence-electron chi connectivity index (χ0n) is 11.2. The van der Waals surface area contributed by atoms with Crippen molar-refractivity contribution in [3.8, 4) is 0 Å². The van der Waals surface area contributed by atoms with E-state index >= 15 is 0 Å². The molecule has 0 aliphatic rings. The number of amides is 1. The van der Waals surface area contributed by atoms with E-state index in [9.17, 15) is 4.79 Å². The summed E-state index contributed by atoms with van der Waals surface area (Å²) in [5, 5.41) is 3.05. The Labute approximate surface area is 113 Å². The normalized spacial score (nSPS) is 10.4. The van der Waals surface area contributed by atoms with Gasteiger partial charge in [0.05, 0.1) is 6.26 Å². The van der Waals surface area contributed by atoms with Crippen LogP contribution in [0.1, 0.15) is 16.1 Å². The van der Waals surface area contributed by atoms with Gasteiger partial charge < -0.3 is 14.6 Å². The molecule has 0 unspecified atom stereocenters. The van der Waals surface area contributed by atoms with E-state index in [2.05, 4.69) is 5.32 Å². The molecule has 19 heavy (non-hydrogen) atoms. The molecule has 0 saturated carbocycles. The van der Waals surface area contributed by atoms with Crippen LogP contribution >= 0.6 is 0 Å². The predicted molar refractivity (Wildman–Crippen MR) is 75.5 cm³/mol. The minimum absolute atomic E-state index is 0.121. The molecule has 0 fully saturated rings. The lowest BCUT2D eigenvalue weighted by atomic mass is 10.2. The molecular weight excluding hydrogens is 240 g/mol. The molecule has 4 nitrogen and oxygen atoms in total. The van der Waals surface area contributed by atoms with E-state index in [0.717, 1.165) is 12.2 Å². The van der Waals surface area contributed by atoms with Gasteiger partial charge in [-0.1, -0.05) is 17.7 Å². The quantitative estimate of drug-likeness (QED) is 0.896. The van der Waals surface area contributed by atoms with Gasteiger partial charge in [0.2, 0.25) is 0 Å². The topological polar surface area (TPSA) is 45.5 Å². The van der Waals surface area contributed by atoms with Crippen molar-refractivity contribution in [2.75, 3.05) is 25.0 Å². The number of nitrogens with zero attached hydrogens (tertiary/aromatic N) is 1. The van der Waals surface area contributed by atoms with Crippen LogP contribution in [0.15, 0.2) is 47.1 Å². The van der Waals surface area contributed by atoms with Crippen molar-refractivity contribution in [2.24, 2.45) is 0 Å². The highest BCUT2D eigenvalue weighted by atomic mass is 16.3. The lowest BCUT2D eigenvalue weighted by Crippen LogP contribution is -2.36. The fourth-order valence-electron chi connectivity index (χ4n) is 1.83. The molecule has 0 spiro atoms. The van der Waals surface area contributed by atoms with Crippen LogP contribution in [0.25, 0.3) is 0 Å².